The van der Waals surface area contributed by atoms with E-state index in [1.165, 1.54) is 0 Å². The van der Waals surface area contributed by atoms with Crippen molar-refractivity contribution in [3.05, 3.63) is 217 Å². The Balaban J connectivity index is 1.10. The first-order valence-corrected chi connectivity index (χ1v) is 20.6. The summed E-state index contributed by atoms with van der Waals surface area (Å²) in [5.41, 5.74) is 11.6. The Morgan fingerprint density at radius 3 is 1.12 bits per heavy atom. The van der Waals surface area contributed by atoms with Crippen LogP contribution in [0.1, 0.15) is 11.1 Å². The maximum absolute atomic E-state index is 10.2. The van der Waals surface area contributed by atoms with Crippen LogP contribution in [-0.2, 0) is 0 Å². The molecule has 0 saturated heterocycles. The minimum absolute atomic E-state index is 0.500. The Bertz CT molecular complexity index is 3340. The van der Waals surface area contributed by atoms with Crippen molar-refractivity contribution in [2.45, 2.75) is 0 Å². The summed E-state index contributed by atoms with van der Waals surface area (Å²) in [6.07, 6.45) is 0. The van der Waals surface area contributed by atoms with Crippen molar-refractivity contribution in [2.75, 3.05) is 0 Å². The maximum atomic E-state index is 10.2. The number of nitrogens with zero attached hydrogens (tertiary/aromatic N) is 8. The van der Waals surface area contributed by atoms with Crippen LogP contribution in [0.25, 0.3) is 102 Å². The quantitative estimate of drug-likeness (QED) is 0.141. The van der Waals surface area contributed by atoms with Crippen LogP contribution < -0.4 is 0 Å². The molecule has 10 aromatic rings. The molecule has 0 aliphatic heterocycles. The molecule has 0 radical (unpaired) electrons. The molecule has 8 aromatic carbocycles. The summed E-state index contributed by atoms with van der Waals surface area (Å²) < 4.78 is 0. The highest BCUT2D eigenvalue weighted by Crippen LogP contribution is 2.40. The van der Waals surface area contributed by atoms with E-state index in [4.69, 9.17) is 29.9 Å². The summed E-state index contributed by atoms with van der Waals surface area (Å²) >= 11 is 0. The monoisotopic (exact) mass is 818 g/mol. The summed E-state index contributed by atoms with van der Waals surface area (Å²) in [6.45, 7) is 0. The van der Waals surface area contributed by atoms with E-state index < -0.39 is 0 Å². The fourth-order valence-electron chi connectivity index (χ4n) is 7.68. The van der Waals surface area contributed by atoms with Crippen LogP contribution in [-0.4, -0.2) is 29.9 Å². The van der Waals surface area contributed by atoms with Crippen LogP contribution in [0.4, 0.5) is 0 Å². The molecule has 2 aromatic heterocycles. The Hall–Kier alpha value is -9.24. The molecule has 0 spiro atoms. The minimum Gasteiger partial charge on any atom is -0.208 e. The Morgan fingerprint density at radius 1 is 0.234 bits per heavy atom. The van der Waals surface area contributed by atoms with Gasteiger partial charge in [0.15, 0.2) is 34.9 Å². The van der Waals surface area contributed by atoms with Gasteiger partial charge in [-0.2, -0.15) is 10.5 Å². The molecule has 0 fully saturated rings. The third-order valence-corrected chi connectivity index (χ3v) is 10.9. The van der Waals surface area contributed by atoms with E-state index in [1.807, 2.05) is 188 Å². The topological polar surface area (TPSA) is 125 Å². The van der Waals surface area contributed by atoms with Crippen molar-refractivity contribution in [1.29, 1.82) is 10.5 Å². The summed E-state index contributed by atoms with van der Waals surface area (Å²) in [5, 5.41) is 19.5. The third-order valence-electron chi connectivity index (χ3n) is 10.9. The molecule has 0 atom stereocenters. The predicted molar refractivity (Wildman–Crippen MR) is 252 cm³/mol. The molecule has 64 heavy (non-hydrogen) atoms. The average Bonchev–Trinajstić information content (AvgIpc) is 3.39. The summed E-state index contributed by atoms with van der Waals surface area (Å²) in [7, 11) is 0. The van der Waals surface area contributed by atoms with Crippen molar-refractivity contribution >= 4 is 0 Å². The minimum atomic E-state index is 0.500. The van der Waals surface area contributed by atoms with E-state index in [0.717, 1.165) is 66.8 Å². The van der Waals surface area contributed by atoms with E-state index in [9.17, 15) is 10.5 Å². The van der Waals surface area contributed by atoms with Crippen molar-refractivity contribution in [3.63, 3.8) is 0 Å². The van der Waals surface area contributed by atoms with Crippen LogP contribution in [0.5, 0.6) is 0 Å². The van der Waals surface area contributed by atoms with E-state index in [-0.39, 0.29) is 0 Å². The van der Waals surface area contributed by atoms with Crippen molar-refractivity contribution < 1.29 is 0 Å². The number of aromatic nitrogens is 6. The molecule has 0 amide bonds. The highest BCUT2D eigenvalue weighted by Gasteiger charge is 2.20. The van der Waals surface area contributed by atoms with Gasteiger partial charge in [-0.1, -0.05) is 170 Å². The van der Waals surface area contributed by atoms with Crippen LogP contribution in [0, 0.1) is 22.7 Å². The Morgan fingerprint density at radius 2 is 0.609 bits per heavy atom. The van der Waals surface area contributed by atoms with Crippen molar-refractivity contribution in [2.24, 2.45) is 0 Å². The SMILES string of the molecule is N#Cc1ccc(-c2cccc(-c3nc(-c4ccccc4)nc(-c4cccc(-c5cc(C#N)ccc5-c5ccccc5-c5nc(-c6ccccc6)nc(-c6ccccc6)n5)c4)n3)c2)cc1. The van der Waals surface area contributed by atoms with Gasteiger partial charge in [-0.3, -0.25) is 0 Å². The smallest absolute Gasteiger partial charge is 0.164 e. The number of hydrogen-bond acceptors (Lipinski definition) is 8. The molecule has 2 heterocycles. The first-order chi connectivity index (χ1) is 31.6. The highest BCUT2D eigenvalue weighted by molar-refractivity contribution is 5.92. The van der Waals surface area contributed by atoms with Crippen molar-refractivity contribution in [1.82, 2.24) is 29.9 Å². The number of nitriles is 2. The van der Waals surface area contributed by atoms with E-state index in [1.54, 1.807) is 0 Å². The van der Waals surface area contributed by atoms with Gasteiger partial charge < -0.3 is 0 Å². The van der Waals surface area contributed by atoms with Gasteiger partial charge in [0.25, 0.3) is 0 Å². The summed E-state index contributed by atoms with van der Waals surface area (Å²) in [4.78, 5) is 30.2. The molecule has 0 aliphatic carbocycles. The van der Waals surface area contributed by atoms with Crippen LogP contribution in [0.2, 0.25) is 0 Å². The van der Waals surface area contributed by atoms with Gasteiger partial charge in [0.1, 0.15) is 0 Å². The molecule has 0 N–H and O–H groups in total. The molecule has 8 heteroatoms. The fraction of sp³-hybridized carbons (Fsp3) is 0. The number of benzene rings is 8. The second kappa shape index (κ2) is 17.4. The number of hydrogen-bond donors (Lipinski definition) is 0. The standard InChI is InChI=1S/C56H34N8/c57-35-37-26-29-39(30-27-37)43-20-12-22-45(33-43)54-60-51(40-14-4-1-5-15-40)61-55(62-54)46-23-13-21-44(34-46)50-32-38(36-58)28-31-48(50)47-24-10-11-25-49(47)56-63-52(41-16-6-2-7-17-41)59-53(64-56)42-18-8-3-9-19-42/h1-34H. The zero-order chi connectivity index (χ0) is 43.2. The molecule has 298 valence electrons. The van der Waals surface area contributed by atoms with Gasteiger partial charge in [0, 0.05) is 33.4 Å². The van der Waals surface area contributed by atoms with Crippen LogP contribution in [0.3, 0.4) is 0 Å². The van der Waals surface area contributed by atoms with Crippen molar-refractivity contribution in [3.8, 4) is 114 Å². The molecular weight excluding hydrogens is 785 g/mol. The molecule has 0 bridgehead atoms. The van der Waals surface area contributed by atoms with Gasteiger partial charge in [0.05, 0.1) is 23.3 Å². The summed E-state index contributed by atoms with van der Waals surface area (Å²) in [6, 6.07) is 71.8. The van der Waals surface area contributed by atoms with Gasteiger partial charge >= 0.3 is 0 Å². The second-order valence-electron chi connectivity index (χ2n) is 15.0. The first-order valence-electron chi connectivity index (χ1n) is 20.6. The second-order valence-corrected chi connectivity index (χ2v) is 15.0. The van der Waals surface area contributed by atoms with Crippen LogP contribution >= 0.6 is 0 Å². The third kappa shape index (κ3) is 8.02. The molecule has 0 unspecified atom stereocenters. The maximum Gasteiger partial charge on any atom is 0.164 e. The van der Waals surface area contributed by atoms with E-state index >= 15 is 0 Å². The summed E-state index contributed by atoms with van der Waals surface area (Å²) in [5.74, 6) is 3.23. The van der Waals surface area contributed by atoms with Crippen LogP contribution in [0.15, 0.2) is 206 Å². The van der Waals surface area contributed by atoms with Gasteiger partial charge in [-0.05, 0) is 69.8 Å². The normalized spacial score (nSPS) is 10.8. The van der Waals surface area contributed by atoms with Gasteiger partial charge in [-0.25, -0.2) is 29.9 Å². The zero-order valence-corrected chi connectivity index (χ0v) is 34.2. The first kappa shape index (κ1) is 38.9. The fourth-order valence-corrected chi connectivity index (χ4v) is 7.68. The molecule has 0 saturated carbocycles. The molecule has 0 aliphatic rings. The van der Waals surface area contributed by atoms with Gasteiger partial charge in [-0.15, -0.1) is 0 Å². The molecular formula is C56H34N8. The lowest BCUT2D eigenvalue weighted by Crippen LogP contribution is -2.01. The lowest BCUT2D eigenvalue weighted by molar-refractivity contribution is 1.07. The molecule has 10 rings (SSSR count). The van der Waals surface area contributed by atoms with E-state index in [2.05, 4.69) is 30.3 Å². The highest BCUT2D eigenvalue weighted by atomic mass is 15.0. The lowest BCUT2D eigenvalue weighted by atomic mass is 9.89. The predicted octanol–water partition coefficient (Wildman–Crippen LogP) is 12.8. The Kier molecular flexibility index (Phi) is 10.6. The molecule has 8 nitrogen and oxygen atoms in total. The average molecular weight is 819 g/mol. The lowest BCUT2D eigenvalue weighted by Gasteiger charge is -2.16. The van der Waals surface area contributed by atoms with Gasteiger partial charge in [0.2, 0.25) is 0 Å². The largest absolute Gasteiger partial charge is 0.208 e. The zero-order valence-electron chi connectivity index (χ0n) is 34.2. The number of rotatable bonds is 9. The van der Waals surface area contributed by atoms with E-state index in [0.29, 0.717) is 46.1 Å². The Labute approximate surface area is 370 Å².